The predicted octanol–water partition coefficient (Wildman–Crippen LogP) is 3.61. The van der Waals surface area contributed by atoms with Crippen molar-refractivity contribution in [1.29, 1.82) is 0 Å². The lowest BCUT2D eigenvalue weighted by Crippen LogP contribution is -1.83. The molecule has 1 aromatic heterocycles. The van der Waals surface area contributed by atoms with Crippen molar-refractivity contribution >= 4 is 20.7 Å². The van der Waals surface area contributed by atoms with E-state index < -0.39 is 0 Å². The number of hydrogen-bond acceptors (Lipinski definition) is 1. The zero-order chi connectivity index (χ0) is 7.40. The molecule has 1 rings (SSSR count). The van der Waals surface area contributed by atoms with Crippen LogP contribution in [0.5, 0.6) is 0 Å². The molecule has 0 aliphatic heterocycles. The maximum Gasteiger partial charge on any atom is 0.292 e. The van der Waals surface area contributed by atoms with Gasteiger partial charge in [0, 0.05) is 5.56 Å². The Morgan fingerprint density at radius 3 is 2.90 bits per heavy atom. The highest BCUT2D eigenvalue weighted by Gasteiger charge is 2.09. The zero-order valence-electron chi connectivity index (χ0n) is 6.52. The molecule has 0 amide bonds. The van der Waals surface area contributed by atoms with Gasteiger partial charge in [0.1, 0.15) is 0 Å². The smallest absolute Gasteiger partial charge is 0.0650 e. The summed E-state index contributed by atoms with van der Waals surface area (Å²) in [5.41, 5.74) is 1.57. The lowest BCUT2D eigenvalue weighted by Gasteiger charge is -1.90. The second-order valence-electron chi connectivity index (χ2n) is 2.35. The van der Waals surface area contributed by atoms with Gasteiger partial charge in [-0.05, 0) is 12.8 Å². The van der Waals surface area contributed by atoms with E-state index in [-0.39, 0.29) is 0 Å². The summed E-state index contributed by atoms with van der Waals surface area (Å²) in [5, 5.41) is 2.29. The third kappa shape index (κ3) is 1.77. The van der Waals surface area contributed by atoms with E-state index in [1.807, 2.05) is 20.7 Å². The maximum absolute atomic E-state index is 2.29. The highest BCUT2D eigenvalue weighted by Crippen LogP contribution is 2.23. The van der Waals surface area contributed by atoms with Crippen LogP contribution in [0.4, 0.5) is 0 Å². The van der Waals surface area contributed by atoms with Crippen LogP contribution >= 0.6 is 20.7 Å². The van der Waals surface area contributed by atoms with E-state index in [0.717, 1.165) is 0 Å². The molecule has 0 bridgehead atoms. The second-order valence-corrected chi connectivity index (χ2v) is 4.51. The molecule has 0 nitrogen and oxygen atoms in total. The molecule has 0 N–H and O–H groups in total. The summed E-state index contributed by atoms with van der Waals surface area (Å²) in [4.78, 5) is 1.61. The Labute approximate surface area is 69.9 Å². The fourth-order valence-corrected chi connectivity index (χ4v) is 3.64. The van der Waals surface area contributed by atoms with Crippen LogP contribution in [-0.4, -0.2) is 0 Å². The summed E-state index contributed by atoms with van der Waals surface area (Å²) in [6.45, 7) is 4.47. The maximum atomic E-state index is 2.29. The average molecular weight is 173 g/mol. The van der Waals surface area contributed by atoms with E-state index in [1.165, 1.54) is 19.3 Å². The molecule has 0 radical (unpaired) electrons. The van der Waals surface area contributed by atoms with Gasteiger partial charge in [-0.3, -0.25) is 0 Å². The van der Waals surface area contributed by atoms with Crippen molar-refractivity contribution in [3.8, 4) is 0 Å². The van der Waals surface area contributed by atoms with Crippen molar-refractivity contribution in [2.45, 2.75) is 33.1 Å². The number of hydrogen-bond donors (Lipinski definition) is 0. The minimum absolute atomic E-state index is 1.20. The first-order chi connectivity index (χ1) is 4.88. The Morgan fingerprint density at radius 1 is 1.50 bits per heavy atom. The molecule has 0 saturated heterocycles. The van der Waals surface area contributed by atoms with E-state index in [2.05, 4.69) is 19.2 Å². The minimum Gasteiger partial charge on any atom is -0.0650 e. The highest BCUT2D eigenvalue weighted by molar-refractivity contribution is 7.68. The molecule has 0 aliphatic carbocycles. The van der Waals surface area contributed by atoms with Crippen molar-refractivity contribution in [3.63, 3.8) is 0 Å². The number of rotatable bonds is 3. The van der Waals surface area contributed by atoms with Crippen molar-refractivity contribution in [1.82, 2.24) is 0 Å². The van der Waals surface area contributed by atoms with Crippen LogP contribution in [0, 0.1) is 0 Å². The van der Waals surface area contributed by atoms with E-state index >= 15 is 0 Å². The van der Waals surface area contributed by atoms with E-state index in [4.69, 9.17) is 0 Å². The Morgan fingerprint density at radius 2 is 2.30 bits per heavy atom. The Hall–Kier alpha value is 0.0500. The normalized spacial score (nSPS) is 10.2. The van der Waals surface area contributed by atoms with Gasteiger partial charge in [-0.2, -0.15) is 0 Å². The van der Waals surface area contributed by atoms with Gasteiger partial charge in [-0.25, -0.2) is 0 Å². The van der Waals surface area contributed by atoms with Crippen LogP contribution in [0.3, 0.4) is 0 Å². The topological polar surface area (TPSA) is 0 Å². The molecule has 1 heterocycles. The van der Waals surface area contributed by atoms with Gasteiger partial charge in [0.25, 0.3) is 10.3 Å². The average Bonchev–Trinajstić information content (AvgIpc) is 2.36. The molecule has 0 unspecified atom stereocenters. The number of aryl methyl sites for hydroxylation is 2. The molecule has 0 aromatic carbocycles. The Kier molecular flexibility index (Phi) is 3.29. The largest absolute Gasteiger partial charge is 0.292 e. The molecule has 0 saturated carbocycles. The Bertz CT molecular complexity index is 191. The fourth-order valence-electron chi connectivity index (χ4n) is 0.969. The molecule has 10 heavy (non-hydrogen) atoms. The van der Waals surface area contributed by atoms with Crippen LogP contribution < -0.4 is 0 Å². The summed E-state index contributed by atoms with van der Waals surface area (Å²) in [6, 6.07) is 0. The minimum atomic E-state index is 1.20. The Balaban J connectivity index is 2.70. The van der Waals surface area contributed by atoms with Crippen LogP contribution in [0.15, 0.2) is 5.38 Å². The third-order valence-corrected chi connectivity index (χ3v) is 3.88. The third-order valence-electron chi connectivity index (χ3n) is 1.56. The second kappa shape index (κ2) is 4.04. The van der Waals surface area contributed by atoms with Crippen LogP contribution in [-0.2, 0) is 12.8 Å². The molecule has 0 spiro atoms. The van der Waals surface area contributed by atoms with Gasteiger partial charge in [-0.15, -0.1) is 0 Å². The summed E-state index contributed by atoms with van der Waals surface area (Å²) < 4.78 is 0. The van der Waals surface area contributed by atoms with Crippen molar-refractivity contribution in [3.05, 3.63) is 15.8 Å². The fraction of sp³-hybridized carbons (Fsp3) is 0.625. The molecule has 2 heteroatoms. The van der Waals surface area contributed by atoms with Gasteiger partial charge < -0.3 is 0 Å². The first-order valence-corrected chi connectivity index (χ1v) is 5.98. The van der Waals surface area contributed by atoms with Crippen molar-refractivity contribution in [2.24, 2.45) is 0 Å². The first-order valence-electron chi connectivity index (χ1n) is 3.77. The van der Waals surface area contributed by atoms with Gasteiger partial charge in [0.15, 0.2) is 10.3 Å². The highest BCUT2D eigenvalue weighted by atomic mass is 32.9. The van der Waals surface area contributed by atoms with E-state index in [1.54, 1.807) is 10.4 Å². The molecule has 0 aliphatic rings. The molecular formula is C8H13S2+. The van der Waals surface area contributed by atoms with Crippen molar-refractivity contribution < 1.29 is 0 Å². The molecule has 0 fully saturated rings. The van der Waals surface area contributed by atoms with Crippen LogP contribution in [0.2, 0.25) is 0 Å². The predicted molar refractivity (Wildman–Crippen MR) is 50.0 cm³/mol. The van der Waals surface area contributed by atoms with Gasteiger partial charge in [0.05, 0.1) is 4.88 Å². The lowest BCUT2D eigenvalue weighted by molar-refractivity contribution is 0.921. The summed E-state index contributed by atoms with van der Waals surface area (Å²) in [5.74, 6) is 0. The molecule has 1 aromatic rings. The SMILES string of the molecule is CCCc1s[s+]cc1CC. The molecule has 0 atom stereocenters. The van der Waals surface area contributed by atoms with Crippen LogP contribution in [0.25, 0.3) is 0 Å². The first kappa shape index (κ1) is 8.15. The van der Waals surface area contributed by atoms with Crippen molar-refractivity contribution in [2.75, 3.05) is 0 Å². The standard InChI is InChI=1S/C8H13S2/c1-3-5-8-7(4-2)6-9-10-8/h6H,3-5H2,1-2H3/q+1. The summed E-state index contributed by atoms with van der Waals surface area (Å²) >= 11 is 0. The van der Waals surface area contributed by atoms with E-state index in [9.17, 15) is 0 Å². The van der Waals surface area contributed by atoms with E-state index in [0.29, 0.717) is 0 Å². The molecule has 56 valence electrons. The van der Waals surface area contributed by atoms with Gasteiger partial charge >= 0.3 is 0 Å². The molecular weight excluding hydrogens is 160 g/mol. The lowest BCUT2D eigenvalue weighted by atomic mass is 10.2. The van der Waals surface area contributed by atoms with Crippen LogP contribution in [0.1, 0.15) is 30.7 Å². The van der Waals surface area contributed by atoms with Gasteiger partial charge in [-0.1, -0.05) is 20.3 Å². The summed E-state index contributed by atoms with van der Waals surface area (Å²) in [7, 11) is 3.81. The zero-order valence-corrected chi connectivity index (χ0v) is 8.15. The monoisotopic (exact) mass is 173 g/mol. The quantitative estimate of drug-likeness (QED) is 0.484. The van der Waals surface area contributed by atoms with Gasteiger partial charge in [0.2, 0.25) is 5.38 Å². The summed E-state index contributed by atoms with van der Waals surface area (Å²) in [6.07, 6.45) is 3.76.